The fourth-order valence-electron chi connectivity index (χ4n) is 2.66. The molecule has 2 aromatic rings. The first-order chi connectivity index (χ1) is 11.9. The van der Waals surface area contributed by atoms with E-state index in [-0.39, 0.29) is 0 Å². The highest BCUT2D eigenvalue weighted by Crippen LogP contribution is 2.28. The van der Waals surface area contributed by atoms with Crippen molar-refractivity contribution in [3.63, 3.8) is 0 Å². The minimum atomic E-state index is -1.11. The normalized spacial score (nSPS) is 12.4. The third-order valence-corrected chi connectivity index (χ3v) is 5.70. The fraction of sp³-hybridized carbons (Fsp3) is 0.667. The van der Waals surface area contributed by atoms with Gasteiger partial charge in [-0.15, -0.1) is 0 Å². The quantitative estimate of drug-likeness (QED) is 0.360. The predicted molar refractivity (Wildman–Crippen MR) is 102 cm³/mol. The molecule has 0 unspecified atom stereocenters. The Bertz CT molecular complexity index is 676. The van der Waals surface area contributed by atoms with Gasteiger partial charge in [-0.25, -0.2) is 9.97 Å². The third-order valence-electron chi connectivity index (χ3n) is 3.99. The number of ether oxygens (including phenoxy) is 3. The van der Waals surface area contributed by atoms with E-state index in [0.29, 0.717) is 19.9 Å². The van der Waals surface area contributed by atoms with Crippen molar-refractivity contribution in [3.05, 3.63) is 23.8 Å². The lowest BCUT2D eigenvalue weighted by molar-refractivity contribution is -0.145. The predicted octanol–water partition coefficient (Wildman–Crippen LogP) is 4.12. The molecule has 2 aromatic heterocycles. The number of fused-ring (bicyclic) bond motifs is 1. The molecule has 140 valence electrons. The van der Waals surface area contributed by atoms with Crippen molar-refractivity contribution in [1.29, 1.82) is 0 Å². The van der Waals surface area contributed by atoms with Gasteiger partial charge in [-0.3, -0.25) is 0 Å². The van der Waals surface area contributed by atoms with E-state index in [1.54, 1.807) is 6.33 Å². The van der Waals surface area contributed by atoms with Gasteiger partial charge in [-0.05, 0) is 32.9 Å². The zero-order valence-electron chi connectivity index (χ0n) is 16.3. The van der Waals surface area contributed by atoms with Crippen molar-refractivity contribution in [2.75, 3.05) is 19.8 Å². The Balaban J connectivity index is 2.31. The summed E-state index contributed by atoms with van der Waals surface area (Å²) >= 11 is 0. The molecule has 0 aliphatic carbocycles. The second-order valence-electron chi connectivity index (χ2n) is 7.28. The smallest absolute Gasteiger partial charge is 0.199 e. The van der Waals surface area contributed by atoms with E-state index in [4.69, 9.17) is 14.2 Å². The fourth-order valence-corrected chi connectivity index (χ4v) is 3.42. The van der Waals surface area contributed by atoms with Crippen molar-refractivity contribution >= 4 is 19.1 Å². The van der Waals surface area contributed by atoms with E-state index in [9.17, 15) is 0 Å². The number of aromatic nitrogens is 3. The molecular formula is C18H31N3O3Si. The van der Waals surface area contributed by atoms with Gasteiger partial charge in [0.15, 0.2) is 6.29 Å². The lowest BCUT2D eigenvalue weighted by Gasteiger charge is -2.21. The van der Waals surface area contributed by atoms with E-state index in [1.165, 1.54) is 0 Å². The molecule has 2 heterocycles. The zero-order valence-corrected chi connectivity index (χ0v) is 17.3. The van der Waals surface area contributed by atoms with Crippen LogP contribution in [0.5, 0.6) is 0 Å². The van der Waals surface area contributed by atoms with Gasteiger partial charge in [-0.1, -0.05) is 19.6 Å². The second kappa shape index (κ2) is 8.89. The van der Waals surface area contributed by atoms with Crippen LogP contribution in [-0.2, 0) is 20.9 Å². The summed E-state index contributed by atoms with van der Waals surface area (Å²) in [5.41, 5.74) is 3.72. The van der Waals surface area contributed by atoms with Crippen LogP contribution >= 0.6 is 0 Å². The lowest BCUT2D eigenvalue weighted by Crippen LogP contribution is -2.22. The first-order valence-corrected chi connectivity index (χ1v) is 12.7. The Kier molecular flexibility index (Phi) is 7.12. The van der Waals surface area contributed by atoms with Crippen molar-refractivity contribution in [3.8, 4) is 0 Å². The zero-order chi connectivity index (χ0) is 18.4. The molecule has 25 heavy (non-hydrogen) atoms. The van der Waals surface area contributed by atoms with E-state index < -0.39 is 14.4 Å². The molecule has 2 rings (SSSR count). The Labute approximate surface area is 151 Å². The molecule has 0 saturated heterocycles. The van der Waals surface area contributed by atoms with Crippen LogP contribution in [0.4, 0.5) is 0 Å². The van der Waals surface area contributed by atoms with Gasteiger partial charge in [-0.2, -0.15) is 0 Å². The van der Waals surface area contributed by atoms with Crippen molar-refractivity contribution in [2.45, 2.75) is 59.5 Å². The number of rotatable bonds is 10. The summed E-state index contributed by atoms with van der Waals surface area (Å²) in [4.78, 5) is 8.74. The van der Waals surface area contributed by atoms with Crippen LogP contribution in [0.25, 0.3) is 11.0 Å². The summed E-state index contributed by atoms with van der Waals surface area (Å²) in [5.74, 6) is 0. The minimum absolute atomic E-state index is 0.427. The van der Waals surface area contributed by atoms with Gasteiger partial charge >= 0.3 is 0 Å². The highest BCUT2D eigenvalue weighted by Gasteiger charge is 2.21. The molecule has 6 nitrogen and oxygen atoms in total. The van der Waals surface area contributed by atoms with Gasteiger partial charge in [0.2, 0.25) is 0 Å². The molecule has 0 spiro atoms. The molecule has 0 N–H and O–H groups in total. The number of aryl methyl sites for hydroxylation is 1. The Hall–Kier alpha value is -1.28. The molecule has 0 aliphatic rings. The highest BCUT2D eigenvalue weighted by molar-refractivity contribution is 6.76. The van der Waals surface area contributed by atoms with E-state index in [1.807, 2.05) is 26.8 Å². The summed E-state index contributed by atoms with van der Waals surface area (Å²) in [6.45, 7) is 15.3. The van der Waals surface area contributed by atoms with E-state index in [2.05, 4.69) is 34.2 Å². The van der Waals surface area contributed by atoms with Gasteiger partial charge in [0.1, 0.15) is 13.1 Å². The highest BCUT2D eigenvalue weighted by atomic mass is 28.3. The largest absolute Gasteiger partial charge is 0.361 e. The maximum Gasteiger partial charge on any atom is 0.199 e. The lowest BCUT2D eigenvalue weighted by atomic mass is 10.3. The van der Waals surface area contributed by atoms with E-state index >= 15 is 0 Å². The van der Waals surface area contributed by atoms with E-state index in [0.717, 1.165) is 35.1 Å². The average Bonchev–Trinajstić information content (AvgIpc) is 2.90. The van der Waals surface area contributed by atoms with Gasteiger partial charge < -0.3 is 18.8 Å². The average molecular weight is 366 g/mol. The van der Waals surface area contributed by atoms with Crippen LogP contribution in [0.2, 0.25) is 25.7 Å². The summed E-state index contributed by atoms with van der Waals surface area (Å²) in [6, 6.07) is 3.15. The first kappa shape index (κ1) is 20.0. The molecule has 0 atom stereocenters. The van der Waals surface area contributed by atoms with Crippen LogP contribution in [-0.4, -0.2) is 42.4 Å². The number of nitrogens with zero attached hydrogens (tertiary/aromatic N) is 3. The van der Waals surface area contributed by atoms with Crippen molar-refractivity contribution in [1.82, 2.24) is 14.5 Å². The van der Waals surface area contributed by atoms with Crippen LogP contribution in [0.3, 0.4) is 0 Å². The number of hydrogen-bond acceptors (Lipinski definition) is 5. The molecule has 0 fully saturated rings. The second-order valence-corrected chi connectivity index (χ2v) is 12.9. The monoisotopic (exact) mass is 365 g/mol. The maximum absolute atomic E-state index is 6.00. The van der Waals surface area contributed by atoms with Gasteiger partial charge in [0.25, 0.3) is 0 Å². The van der Waals surface area contributed by atoms with Crippen LogP contribution < -0.4 is 0 Å². The molecule has 0 aliphatic heterocycles. The molecule has 7 heteroatoms. The minimum Gasteiger partial charge on any atom is -0.361 e. The standard InChI is InChI=1S/C18H31N3O3Si/c1-7-23-18(24-8-2)16-11-15-17(14(3)19-12-20-15)21(16)13-22-9-10-25(4,5)6/h11-12,18H,7-10,13H2,1-6H3. The Morgan fingerprint density at radius 1 is 1.12 bits per heavy atom. The molecule has 0 radical (unpaired) electrons. The SMILES string of the molecule is CCOC(OCC)c1cc2ncnc(C)c2n1COCC[Si](C)(C)C. The molecule has 0 amide bonds. The molecule has 0 saturated carbocycles. The Morgan fingerprint density at radius 3 is 2.40 bits per heavy atom. The number of hydrogen-bond donors (Lipinski definition) is 0. The Morgan fingerprint density at radius 2 is 1.80 bits per heavy atom. The van der Waals surface area contributed by atoms with Crippen LogP contribution in [0.15, 0.2) is 12.4 Å². The topological polar surface area (TPSA) is 58.4 Å². The summed E-state index contributed by atoms with van der Waals surface area (Å²) < 4.78 is 19.7. The van der Waals surface area contributed by atoms with Crippen LogP contribution in [0.1, 0.15) is 31.5 Å². The van der Waals surface area contributed by atoms with Gasteiger partial charge in [0, 0.05) is 27.9 Å². The summed E-state index contributed by atoms with van der Waals surface area (Å²) in [7, 11) is -1.11. The van der Waals surface area contributed by atoms with Crippen LogP contribution in [0, 0.1) is 6.92 Å². The van der Waals surface area contributed by atoms with Crippen molar-refractivity contribution < 1.29 is 14.2 Å². The summed E-state index contributed by atoms with van der Waals surface area (Å²) in [5, 5.41) is 0. The molecule has 0 aromatic carbocycles. The summed E-state index contributed by atoms with van der Waals surface area (Å²) in [6.07, 6.45) is 1.16. The van der Waals surface area contributed by atoms with Crippen molar-refractivity contribution in [2.24, 2.45) is 0 Å². The molecule has 0 bridgehead atoms. The van der Waals surface area contributed by atoms with Gasteiger partial charge in [0.05, 0.1) is 22.4 Å². The third kappa shape index (κ3) is 5.34. The first-order valence-electron chi connectivity index (χ1n) is 8.99. The molecular weight excluding hydrogens is 334 g/mol. The maximum atomic E-state index is 6.00.